The predicted molar refractivity (Wildman–Crippen MR) is 70.6 cm³/mol. The van der Waals surface area contributed by atoms with Gasteiger partial charge in [0, 0.05) is 6.20 Å². The monoisotopic (exact) mass is 281 g/mol. The quantitative estimate of drug-likeness (QED) is 0.842. The number of sulfonamides is 1. The summed E-state index contributed by atoms with van der Waals surface area (Å²) in [7, 11) is -4.10. The van der Waals surface area contributed by atoms with Gasteiger partial charge in [-0.25, -0.2) is 17.8 Å². The highest BCUT2D eigenvalue weighted by Gasteiger charge is 2.22. The number of nitrogens with two attached hydrogens (primary N) is 1. The van der Waals surface area contributed by atoms with Gasteiger partial charge in [-0.05, 0) is 36.8 Å². The Hall–Kier alpha value is -2.15. The topological polar surface area (TPSA) is 85.1 Å². The molecule has 1 aromatic heterocycles. The molecule has 0 radical (unpaired) electrons. The normalized spacial score (nSPS) is 11.3. The number of hydrogen-bond donors (Lipinski definition) is 2. The van der Waals surface area contributed by atoms with Gasteiger partial charge in [0.2, 0.25) is 0 Å². The molecular formula is C12H12FN3O2S. The molecule has 0 aliphatic heterocycles. The molecule has 0 bridgehead atoms. The summed E-state index contributed by atoms with van der Waals surface area (Å²) in [4.78, 5) is 3.29. The van der Waals surface area contributed by atoms with Gasteiger partial charge in [0.1, 0.15) is 16.5 Å². The van der Waals surface area contributed by atoms with Gasteiger partial charge < -0.3 is 5.73 Å². The highest BCUT2D eigenvalue weighted by Crippen LogP contribution is 2.23. The van der Waals surface area contributed by atoms with E-state index in [1.54, 1.807) is 13.0 Å². The Morgan fingerprint density at radius 3 is 2.68 bits per heavy atom. The number of aromatic nitrogens is 1. The number of benzene rings is 1. The first-order chi connectivity index (χ1) is 8.90. The molecule has 0 aliphatic carbocycles. The first-order valence-corrected chi connectivity index (χ1v) is 6.88. The molecule has 19 heavy (non-hydrogen) atoms. The molecule has 1 aromatic carbocycles. The van der Waals surface area contributed by atoms with Gasteiger partial charge in [-0.1, -0.05) is 6.07 Å². The van der Waals surface area contributed by atoms with Crippen molar-refractivity contribution >= 4 is 21.5 Å². The molecule has 3 N–H and O–H groups in total. The zero-order valence-corrected chi connectivity index (χ0v) is 10.9. The fourth-order valence-corrected chi connectivity index (χ4v) is 2.78. The van der Waals surface area contributed by atoms with Gasteiger partial charge >= 0.3 is 0 Å². The molecule has 2 rings (SSSR count). The number of halogens is 1. The van der Waals surface area contributed by atoms with E-state index in [4.69, 9.17) is 5.73 Å². The van der Waals surface area contributed by atoms with Crippen molar-refractivity contribution in [3.63, 3.8) is 0 Å². The third-order valence-corrected chi connectivity index (χ3v) is 3.87. The zero-order valence-electron chi connectivity index (χ0n) is 10.1. The third-order valence-electron chi connectivity index (χ3n) is 2.42. The summed E-state index contributed by atoms with van der Waals surface area (Å²) < 4.78 is 40.0. The van der Waals surface area contributed by atoms with E-state index in [0.29, 0.717) is 0 Å². The minimum atomic E-state index is -4.10. The second kappa shape index (κ2) is 4.85. The summed E-state index contributed by atoms with van der Waals surface area (Å²) in [5, 5.41) is 0. The molecule has 0 unspecified atom stereocenters. The van der Waals surface area contributed by atoms with Crippen LogP contribution in [0.15, 0.2) is 41.4 Å². The molecule has 0 amide bonds. The molecule has 7 heteroatoms. The summed E-state index contributed by atoms with van der Waals surface area (Å²) >= 11 is 0. The van der Waals surface area contributed by atoms with Gasteiger partial charge in [-0.2, -0.15) is 0 Å². The molecule has 0 fully saturated rings. The molecule has 0 atom stereocenters. The van der Waals surface area contributed by atoms with Crippen LogP contribution >= 0.6 is 0 Å². The molecule has 0 saturated heterocycles. The average Bonchev–Trinajstić information content (AvgIpc) is 2.27. The highest BCUT2D eigenvalue weighted by atomic mass is 32.2. The van der Waals surface area contributed by atoms with E-state index in [1.807, 2.05) is 0 Å². The summed E-state index contributed by atoms with van der Waals surface area (Å²) in [5.41, 5.74) is 6.19. The number of nitrogen functional groups attached to an aromatic ring is 1. The molecule has 0 spiro atoms. The van der Waals surface area contributed by atoms with Crippen LogP contribution in [0.5, 0.6) is 0 Å². The summed E-state index contributed by atoms with van der Waals surface area (Å²) in [5.74, 6) is -0.789. The van der Waals surface area contributed by atoms with Crippen molar-refractivity contribution in [2.45, 2.75) is 11.8 Å². The van der Waals surface area contributed by atoms with Gasteiger partial charge in [-0.3, -0.25) is 4.72 Å². The van der Waals surface area contributed by atoms with Crippen LogP contribution < -0.4 is 10.5 Å². The van der Waals surface area contributed by atoms with Crippen molar-refractivity contribution in [1.82, 2.24) is 4.98 Å². The number of aryl methyl sites for hydroxylation is 1. The Bertz CT molecular complexity index is 696. The number of pyridine rings is 1. The average molecular weight is 281 g/mol. The van der Waals surface area contributed by atoms with Crippen LogP contribution in [0.1, 0.15) is 5.56 Å². The first kappa shape index (κ1) is 13.3. The van der Waals surface area contributed by atoms with Crippen LogP contribution in [-0.2, 0) is 10.0 Å². The van der Waals surface area contributed by atoms with Gasteiger partial charge in [0.05, 0.1) is 5.69 Å². The molecular weight excluding hydrogens is 269 g/mol. The van der Waals surface area contributed by atoms with Crippen LogP contribution in [0, 0.1) is 12.7 Å². The summed E-state index contributed by atoms with van der Waals surface area (Å²) in [6.07, 6.45) is 1.46. The number of rotatable bonds is 3. The maximum atomic E-state index is 13.6. The number of anilines is 2. The van der Waals surface area contributed by atoms with Crippen LogP contribution in [0.3, 0.4) is 0 Å². The van der Waals surface area contributed by atoms with E-state index in [9.17, 15) is 12.8 Å². The molecule has 0 saturated carbocycles. The Kier molecular flexibility index (Phi) is 3.39. The molecule has 5 nitrogen and oxygen atoms in total. The molecule has 0 aliphatic rings. The van der Waals surface area contributed by atoms with Gasteiger partial charge in [0.25, 0.3) is 10.0 Å². The van der Waals surface area contributed by atoms with Crippen molar-refractivity contribution in [2.75, 3.05) is 10.5 Å². The van der Waals surface area contributed by atoms with Crippen LogP contribution in [0.25, 0.3) is 0 Å². The molecule has 1 heterocycles. The van der Waals surface area contributed by atoms with E-state index in [2.05, 4.69) is 9.71 Å². The number of nitrogens with one attached hydrogen (secondary N) is 1. The fraction of sp³-hybridized carbons (Fsp3) is 0.0833. The van der Waals surface area contributed by atoms with E-state index in [-0.39, 0.29) is 11.5 Å². The lowest BCUT2D eigenvalue weighted by molar-refractivity contribution is 0.571. The zero-order chi connectivity index (χ0) is 14.0. The van der Waals surface area contributed by atoms with Crippen molar-refractivity contribution in [1.29, 1.82) is 0 Å². The van der Waals surface area contributed by atoms with E-state index < -0.39 is 20.7 Å². The highest BCUT2D eigenvalue weighted by molar-refractivity contribution is 7.92. The standard InChI is InChI=1S/C12H12FN3O2S/c1-8-5-6-15-11(7-8)16-19(17,18)12-9(13)3-2-4-10(12)14/h2-7H,14H2,1H3,(H,15,16). The molecule has 100 valence electrons. The van der Waals surface area contributed by atoms with E-state index >= 15 is 0 Å². The van der Waals surface area contributed by atoms with E-state index in [1.165, 1.54) is 24.4 Å². The lowest BCUT2D eigenvalue weighted by Gasteiger charge is -2.10. The third kappa shape index (κ3) is 2.82. The lowest BCUT2D eigenvalue weighted by Crippen LogP contribution is -2.17. The number of hydrogen-bond acceptors (Lipinski definition) is 4. The maximum Gasteiger partial charge on any atom is 0.268 e. The Morgan fingerprint density at radius 1 is 1.32 bits per heavy atom. The van der Waals surface area contributed by atoms with Crippen LogP contribution in [0.4, 0.5) is 15.9 Å². The fourth-order valence-electron chi connectivity index (χ4n) is 1.59. The maximum absolute atomic E-state index is 13.6. The second-order valence-electron chi connectivity index (χ2n) is 3.98. The smallest absolute Gasteiger partial charge is 0.268 e. The van der Waals surface area contributed by atoms with Crippen molar-refractivity contribution < 1.29 is 12.8 Å². The second-order valence-corrected chi connectivity index (χ2v) is 5.60. The van der Waals surface area contributed by atoms with Crippen LogP contribution in [-0.4, -0.2) is 13.4 Å². The minimum absolute atomic E-state index is 0.114. The van der Waals surface area contributed by atoms with Gasteiger partial charge in [-0.15, -0.1) is 0 Å². The van der Waals surface area contributed by atoms with Crippen molar-refractivity contribution in [3.05, 3.63) is 47.9 Å². The Morgan fingerprint density at radius 2 is 2.05 bits per heavy atom. The lowest BCUT2D eigenvalue weighted by atomic mass is 10.3. The minimum Gasteiger partial charge on any atom is -0.398 e. The summed E-state index contributed by atoms with van der Waals surface area (Å²) in [6, 6.07) is 6.95. The Labute approximate surface area is 110 Å². The SMILES string of the molecule is Cc1ccnc(NS(=O)(=O)c2c(N)cccc2F)c1. The number of nitrogens with zero attached hydrogens (tertiary/aromatic N) is 1. The first-order valence-electron chi connectivity index (χ1n) is 5.39. The van der Waals surface area contributed by atoms with Crippen molar-refractivity contribution in [2.24, 2.45) is 0 Å². The largest absolute Gasteiger partial charge is 0.398 e. The van der Waals surface area contributed by atoms with E-state index in [0.717, 1.165) is 11.6 Å². The predicted octanol–water partition coefficient (Wildman–Crippen LogP) is 1.91. The summed E-state index contributed by atoms with van der Waals surface area (Å²) in [6.45, 7) is 1.79. The van der Waals surface area contributed by atoms with Crippen LogP contribution in [0.2, 0.25) is 0 Å². The van der Waals surface area contributed by atoms with Gasteiger partial charge in [0.15, 0.2) is 0 Å². The molecule has 2 aromatic rings. The Balaban J connectivity index is 2.44. The van der Waals surface area contributed by atoms with Crippen molar-refractivity contribution in [3.8, 4) is 0 Å².